The van der Waals surface area contributed by atoms with E-state index in [1.165, 1.54) is 12.8 Å². The molecular formula is C21H34O3. The van der Waals surface area contributed by atoms with Gasteiger partial charge in [-0.25, -0.2) is 0 Å². The van der Waals surface area contributed by atoms with E-state index in [-0.39, 0.29) is 34.6 Å². The minimum absolute atomic E-state index is 0.0899. The standard InChI is InChI=1S/C21H34O3/c1-19-7-8-21(11-18(21)24)10-15(19)16(22)9-12-13-3-4-17(23)20(13,2)6-5-14(12)19/h12-18,22-24H,3-11H2,1-2H3/t12-,13-,14-,15?,16-,17-,18?,19+,20-,21+/m0/s1. The van der Waals surface area contributed by atoms with Crippen LogP contribution in [0.15, 0.2) is 0 Å². The van der Waals surface area contributed by atoms with Crippen molar-refractivity contribution in [2.75, 3.05) is 0 Å². The van der Waals surface area contributed by atoms with E-state index in [9.17, 15) is 15.3 Å². The molecule has 136 valence electrons. The third-order valence-corrected chi connectivity index (χ3v) is 9.99. The van der Waals surface area contributed by atoms with Crippen LogP contribution in [0.5, 0.6) is 0 Å². The highest BCUT2D eigenvalue weighted by molar-refractivity contribution is 5.16. The van der Waals surface area contributed by atoms with Crippen molar-refractivity contribution in [2.24, 2.45) is 39.9 Å². The van der Waals surface area contributed by atoms with Crippen molar-refractivity contribution in [1.29, 1.82) is 0 Å². The first-order valence-electron chi connectivity index (χ1n) is 10.3. The summed E-state index contributed by atoms with van der Waals surface area (Å²) in [5.74, 6) is 2.28. The average Bonchev–Trinajstić information content (AvgIpc) is 3.05. The first-order chi connectivity index (χ1) is 11.3. The fourth-order valence-corrected chi connectivity index (χ4v) is 8.18. The van der Waals surface area contributed by atoms with Crippen LogP contribution in [-0.4, -0.2) is 33.6 Å². The molecule has 5 rings (SSSR count). The fourth-order valence-electron chi connectivity index (χ4n) is 8.18. The van der Waals surface area contributed by atoms with Crippen molar-refractivity contribution < 1.29 is 15.3 Å². The predicted octanol–water partition coefficient (Wildman–Crippen LogP) is 3.11. The molecule has 0 aliphatic heterocycles. The van der Waals surface area contributed by atoms with Gasteiger partial charge in [-0.3, -0.25) is 0 Å². The summed E-state index contributed by atoms with van der Waals surface area (Å²) >= 11 is 0. The summed E-state index contributed by atoms with van der Waals surface area (Å²) in [6.45, 7) is 4.76. The number of hydrogen-bond donors (Lipinski definition) is 3. The molecule has 1 spiro atoms. The molecule has 5 fully saturated rings. The van der Waals surface area contributed by atoms with Crippen LogP contribution in [0.3, 0.4) is 0 Å². The van der Waals surface area contributed by atoms with Gasteiger partial charge in [0.25, 0.3) is 0 Å². The van der Waals surface area contributed by atoms with Gasteiger partial charge in [0, 0.05) is 0 Å². The van der Waals surface area contributed by atoms with Crippen molar-refractivity contribution in [3.05, 3.63) is 0 Å². The third kappa shape index (κ3) is 1.85. The highest BCUT2D eigenvalue weighted by atomic mass is 16.3. The molecule has 0 aromatic carbocycles. The maximum atomic E-state index is 11.1. The van der Waals surface area contributed by atoms with Gasteiger partial charge in [-0.2, -0.15) is 0 Å². The predicted molar refractivity (Wildman–Crippen MR) is 92.2 cm³/mol. The zero-order valence-corrected chi connectivity index (χ0v) is 15.2. The number of hydrogen-bond acceptors (Lipinski definition) is 3. The van der Waals surface area contributed by atoms with E-state index in [2.05, 4.69) is 13.8 Å². The molecule has 0 saturated heterocycles. The minimum atomic E-state index is -0.207. The Morgan fingerprint density at radius 2 is 1.42 bits per heavy atom. The van der Waals surface area contributed by atoms with Gasteiger partial charge >= 0.3 is 0 Å². The largest absolute Gasteiger partial charge is 0.393 e. The third-order valence-electron chi connectivity index (χ3n) is 9.99. The molecule has 3 heteroatoms. The van der Waals surface area contributed by atoms with E-state index < -0.39 is 0 Å². The molecule has 5 saturated carbocycles. The SMILES string of the molecule is C[C@]12CC[C@H]3[C@@H](C[C@H](O)C4C[C@]5(CC[C@@]43C)CC5O)[C@@H]1CC[C@@H]2O. The van der Waals surface area contributed by atoms with E-state index >= 15 is 0 Å². The minimum Gasteiger partial charge on any atom is -0.393 e. The van der Waals surface area contributed by atoms with Crippen LogP contribution in [-0.2, 0) is 0 Å². The zero-order chi connectivity index (χ0) is 16.9. The molecule has 0 bridgehead atoms. The first kappa shape index (κ1) is 16.1. The molecule has 0 amide bonds. The quantitative estimate of drug-likeness (QED) is 0.638. The van der Waals surface area contributed by atoms with Crippen LogP contribution in [0, 0.1) is 39.9 Å². The summed E-state index contributed by atoms with van der Waals surface area (Å²) < 4.78 is 0. The molecule has 3 N–H and O–H groups in total. The monoisotopic (exact) mass is 334 g/mol. The molecule has 5 aliphatic carbocycles. The molecule has 2 unspecified atom stereocenters. The lowest BCUT2D eigenvalue weighted by atomic mass is 9.43. The molecule has 0 heterocycles. The Labute approximate surface area is 145 Å². The number of fused-ring (bicyclic) bond motifs is 5. The number of rotatable bonds is 0. The van der Waals surface area contributed by atoms with Gasteiger partial charge < -0.3 is 15.3 Å². The Balaban J connectivity index is 1.46. The maximum absolute atomic E-state index is 11.1. The molecule has 10 atom stereocenters. The highest BCUT2D eigenvalue weighted by Gasteiger charge is 2.66. The Bertz CT molecular complexity index is 549. The van der Waals surface area contributed by atoms with Crippen LogP contribution in [0.2, 0.25) is 0 Å². The Hall–Kier alpha value is -0.120. The normalized spacial score (nSPS) is 65.1. The van der Waals surface area contributed by atoms with Crippen LogP contribution in [0.4, 0.5) is 0 Å². The molecule has 24 heavy (non-hydrogen) atoms. The van der Waals surface area contributed by atoms with E-state index in [0.717, 1.165) is 44.9 Å². The highest BCUT2D eigenvalue weighted by Crippen LogP contribution is 2.70. The molecular weight excluding hydrogens is 300 g/mol. The van der Waals surface area contributed by atoms with E-state index in [1.807, 2.05) is 0 Å². The second kappa shape index (κ2) is 4.78. The maximum Gasteiger partial charge on any atom is 0.0603 e. The number of aliphatic hydroxyl groups is 3. The first-order valence-corrected chi connectivity index (χ1v) is 10.3. The van der Waals surface area contributed by atoms with Crippen molar-refractivity contribution in [3.63, 3.8) is 0 Å². The Morgan fingerprint density at radius 1 is 0.708 bits per heavy atom. The average molecular weight is 334 g/mol. The van der Waals surface area contributed by atoms with Crippen LogP contribution < -0.4 is 0 Å². The Kier molecular flexibility index (Phi) is 3.20. The second-order valence-corrected chi connectivity index (χ2v) is 10.7. The van der Waals surface area contributed by atoms with Gasteiger partial charge in [0.1, 0.15) is 0 Å². The van der Waals surface area contributed by atoms with Gasteiger partial charge in [0.05, 0.1) is 18.3 Å². The Morgan fingerprint density at radius 3 is 2.12 bits per heavy atom. The van der Waals surface area contributed by atoms with E-state index in [0.29, 0.717) is 23.7 Å². The smallest absolute Gasteiger partial charge is 0.0603 e. The lowest BCUT2D eigenvalue weighted by Crippen LogP contribution is -2.58. The molecule has 0 aromatic heterocycles. The van der Waals surface area contributed by atoms with Gasteiger partial charge in [-0.05, 0) is 97.7 Å². The summed E-state index contributed by atoms with van der Waals surface area (Å²) in [5.41, 5.74) is 0.488. The van der Waals surface area contributed by atoms with Crippen molar-refractivity contribution in [1.82, 2.24) is 0 Å². The summed E-state index contributed by atoms with van der Waals surface area (Å²) in [4.78, 5) is 0. The zero-order valence-electron chi connectivity index (χ0n) is 15.2. The summed E-state index contributed by atoms with van der Waals surface area (Å²) in [6.07, 6.45) is 9.31. The molecule has 3 nitrogen and oxygen atoms in total. The molecule has 0 radical (unpaired) electrons. The van der Waals surface area contributed by atoms with Crippen molar-refractivity contribution in [3.8, 4) is 0 Å². The lowest BCUT2D eigenvalue weighted by molar-refractivity contribution is -0.172. The van der Waals surface area contributed by atoms with E-state index in [4.69, 9.17) is 0 Å². The number of aliphatic hydroxyl groups excluding tert-OH is 3. The fraction of sp³-hybridized carbons (Fsp3) is 1.00. The van der Waals surface area contributed by atoms with Gasteiger partial charge in [0.15, 0.2) is 0 Å². The van der Waals surface area contributed by atoms with Crippen molar-refractivity contribution >= 4 is 0 Å². The lowest BCUT2D eigenvalue weighted by Gasteiger charge is -2.62. The van der Waals surface area contributed by atoms with Gasteiger partial charge in [0.2, 0.25) is 0 Å². The summed E-state index contributed by atoms with van der Waals surface area (Å²) in [6, 6.07) is 0. The van der Waals surface area contributed by atoms with Crippen LogP contribution >= 0.6 is 0 Å². The van der Waals surface area contributed by atoms with Gasteiger partial charge in [-0.1, -0.05) is 13.8 Å². The summed E-state index contributed by atoms with van der Waals surface area (Å²) in [5, 5.41) is 31.7. The summed E-state index contributed by atoms with van der Waals surface area (Å²) in [7, 11) is 0. The molecule has 0 aromatic rings. The van der Waals surface area contributed by atoms with Crippen LogP contribution in [0.25, 0.3) is 0 Å². The van der Waals surface area contributed by atoms with Crippen LogP contribution in [0.1, 0.15) is 71.6 Å². The van der Waals surface area contributed by atoms with Gasteiger partial charge in [-0.15, -0.1) is 0 Å². The second-order valence-electron chi connectivity index (χ2n) is 10.7. The topological polar surface area (TPSA) is 60.7 Å². The van der Waals surface area contributed by atoms with Crippen molar-refractivity contribution in [2.45, 2.75) is 89.9 Å². The van der Waals surface area contributed by atoms with E-state index in [1.54, 1.807) is 0 Å². The molecule has 5 aliphatic rings.